The van der Waals surface area contributed by atoms with E-state index in [2.05, 4.69) is 197 Å². The molecule has 14 rings (SSSR count). The van der Waals surface area contributed by atoms with E-state index in [1.54, 1.807) is 0 Å². The standard InChI is InChI=1S/C55H33B2N3O2/c1-6-18-45-38(12-1)39-13-2-7-19-46(39)59(45)36-27-23-34(24-28-36)56-52-43-16-5-10-22-49(43)61-54(52)57(53-51-42-17-11-33-58-44(42)31-32-50(51)62-55(53)56)35-25-29-37(30-26-35)60-47-20-8-3-14-40(47)41-15-4-9-21-48(41)60/h1-33H. The number of nitrogens with zero attached hydrogens (tertiary/aromatic N) is 3. The van der Waals surface area contributed by atoms with Gasteiger partial charge in [-0.15, -0.1) is 0 Å². The summed E-state index contributed by atoms with van der Waals surface area (Å²) in [4.78, 5) is 4.81. The van der Waals surface area contributed by atoms with E-state index in [9.17, 15) is 0 Å². The predicted molar refractivity (Wildman–Crippen MR) is 259 cm³/mol. The molecule has 5 aromatic heterocycles. The molecule has 0 bridgehead atoms. The van der Waals surface area contributed by atoms with Gasteiger partial charge in [0.05, 0.1) is 38.9 Å². The number of pyridine rings is 1. The van der Waals surface area contributed by atoms with Gasteiger partial charge < -0.3 is 18.0 Å². The largest absolute Gasteiger partial charge is 0.471 e. The minimum Gasteiger partial charge on any atom is -0.471 e. The topological polar surface area (TPSA) is 49.0 Å². The summed E-state index contributed by atoms with van der Waals surface area (Å²) in [5.74, 6) is 0. The molecule has 0 saturated carbocycles. The molecular weight excluding hydrogens is 756 g/mol. The maximum Gasteiger partial charge on any atom is 0.290 e. The number of aromatic nitrogens is 3. The van der Waals surface area contributed by atoms with Crippen LogP contribution in [0.5, 0.6) is 0 Å². The molecule has 8 aromatic carbocycles. The van der Waals surface area contributed by atoms with E-state index in [4.69, 9.17) is 13.8 Å². The SMILES string of the molecule is c1ccc2c3c(oc2c1)B(c1ccc(-n2c4ccccc4c4ccccc42)cc1)c1c(oc2ccc4ncccc4c12)B3c1ccc(-n2c3ccccc3c3ccccc32)cc1. The zero-order chi connectivity index (χ0) is 40.5. The average molecular weight is 790 g/mol. The molecule has 1 aliphatic rings. The van der Waals surface area contributed by atoms with E-state index in [1.807, 2.05) is 12.3 Å². The first-order valence-electron chi connectivity index (χ1n) is 21.3. The summed E-state index contributed by atoms with van der Waals surface area (Å²) in [6.45, 7) is -0.456. The Morgan fingerprint density at radius 1 is 0.355 bits per heavy atom. The molecule has 7 heteroatoms. The van der Waals surface area contributed by atoms with Crippen molar-refractivity contribution in [2.24, 2.45) is 0 Å². The number of hydrogen-bond donors (Lipinski definition) is 0. The summed E-state index contributed by atoms with van der Waals surface area (Å²) in [5, 5.41) is 8.24. The molecule has 0 radical (unpaired) electrons. The van der Waals surface area contributed by atoms with Crippen molar-refractivity contribution in [3.05, 3.63) is 200 Å². The Balaban J connectivity index is 0.998. The molecule has 5 nitrogen and oxygen atoms in total. The highest BCUT2D eigenvalue weighted by molar-refractivity contribution is 7.12. The van der Waals surface area contributed by atoms with Gasteiger partial charge in [-0.2, -0.15) is 0 Å². The van der Waals surface area contributed by atoms with Crippen molar-refractivity contribution < 1.29 is 8.83 Å². The second-order valence-electron chi connectivity index (χ2n) is 16.6. The highest BCUT2D eigenvalue weighted by Crippen LogP contribution is 2.34. The quantitative estimate of drug-likeness (QED) is 0.167. The molecule has 0 spiro atoms. The second kappa shape index (κ2) is 12.7. The Morgan fingerprint density at radius 3 is 1.34 bits per heavy atom. The van der Waals surface area contributed by atoms with Crippen molar-refractivity contribution >= 4 is 123 Å². The van der Waals surface area contributed by atoms with Gasteiger partial charge in [0.15, 0.2) is 0 Å². The molecule has 0 fully saturated rings. The summed E-state index contributed by atoms with van der Waals surface area (Å²) in [7, 11) is 0. The van der Waals surface area contributed by atoms with Gasteiger partial charge in [-0.25, -0.2) is 0 Å². The Bertz CT molecular complexity index is 3840. The Labute approximate surface area is 356 Å². The number of rotatable bonds is 4. The van der Waals surface area contributed by atoms with Gasteiger partial charge >= 0.3 is 0 Å². The van der Waals surface area contributed by atoms with Crippen LogP contribution >= 0.6 is 0 Å². The normalized spacial score (nSPS) is 12.8. The molecule has 1 aliphatic heterocycles. The van der Waals surface area contributed by atoms with Gasteiger partial charge in [-0.05, 0) is 83.7 Å². The van der Waals surface area contributed by atoms with Crippen molar-refractivity contribution in [1.29, 1.82) is 0 Å². The fourth-order valence-corrected chi connectivity index (χ4v) is 10.8. The molecule has 0 saturated heterocycles. The van der Waals surface area contributed by atoms with Crippen LogP contribution in [0.15, 0.2) is 209 Å². The Hall–Kier alpha value is -8.02. The number of hydrogen-bond acceptors (Lipinski definition) is 3. The van der Waals surface area contributed by atoms with Crippen LogP contribution in [0.2, 0.25) is 0 Å². The monoisotopic (exact) mass is 789 g/mol. The lowest BCUT2D eigenvalue weighted by atomic mass is 9.24. The fraction of sp³-hybridized carbons (Fsp3) is 0. The van der Waals surface area contributed by atoms with Crippen LogP contribution in [0, 0.1) is 0 Å². The summed E-state index contributed by atoms with van der Waals surface area (Å²) in [6, 6.07) is 69.7. The third kappa shape index (κ3) is 4.62. The summed E-state index contributed by atoms with van der Waals surface area (Å²) in [6.07, 6.45) is 1.87. The van der Waals surface area contributed by atoms with E-state index >= 15 is 0 Å². The summed E-state index contributed by atoms with van der Waals surface area (Å²) >= 11 is 0. The number of fused-ring (bicyclic) bond motifs is 14. The maximum atomic E-state index is 7.21. The van der Waals surface area contributed by atoms with E-state index < -0.39 is 0 Å². The smallest absolute Gasteiger partial charge is 0.290 e. The number of furan rings is 2. The van der Waals surface area contributed by atoms with Crippen molar-refractivity contribution in [2.75, 3.05) is 0 Å². The summed E-state index contributed by atoms with van der Waals surface area (Å²) < 4.78 is 19.1. The number of para-hydroxylation sites is 5. The molecule has 0 atom stereocenters. The third-order valence-electron chi connectivity index (χ3n) is 13.4. The highest BCUT2D eigenvalue weighted by atomic mass is 16.3. The Kier molecular flexibility index (Phi) is 6.94. The first-order chi connectivity index (χ1) is 30.8. The van der Waals surface area contributed by atoms with E-state index in [-0.39, 0.29) is 13.4 Å². The lowest BCUT2D eigenvalue weighted by molar-refractivity contribution is 0.647. The molecule has 62 heavy (non-hydrogen) atoms. The van der Waals surface area contributed by atoms with Crippen molar-refractivity contribution in [3.63, 3.8) is 0 Å². The predicted octanol–water partition coefficient (Wildman–Crippen LogP) is 9.27. The van der Waals surface area contributed by atoms with Gasteiger partial charge in [-0.1, -0.05) is 132 Å². The molecule has 0 aliphatic carbocycles. The zero-order valence-electron chi connectivity index (χ0n) is 33.4. The van der Waals surface area contributed by atoms with Crippen LogP contribution in [0.1, 0.15) is 0 Å². The van der Waals surface area contributed by atoms with Crippen LogP contribution < -0.4 is 33.2 Å². The number of benzene rings is 8. The molecule has 6 heterocycles. The third-order valence-corrected chi connectivity index (χ3v) is 13.4. The van der Waals surface area contributed by atoms with E-state index in [1.165, 1.54) is 43.6 Å². The lowest BCUT2D eigenvalue weighted by Gasteiger charge is -2.25. The van der Waals surface area contributed by atoms with Crippen LogP contribution in [0.25, 0.3) is 87.8 Å². The van der Waals surface area contributed by atoms with Crippen molar-refractivity contribution in [1.82, 2.24) is 14.1 Å². The summed E-state index contributed by atoms with van der Waals surface area (Å²) in [5.41, 5.74) is 16.1. The molecular formula is C55H33B2N3O2. The first-order valence-corrected chi connectivity index (χ1v) is 21.3. The highest BCUT2D eigenvalue weighted by Gasteiger charge is 2.47. The molecule has 0 amide bonds. The molecule has 0 unspecified atom stereocenters. The first kappa shape index (κ1) is 33.8. The fourth-order valence-electron chi connectivity index (χ4n) is 10.8. The lowest BCUT2D eigenvalue weighted by Crippen LogP contribution is -2.73. The van der Waals surface area contributed by atoms with Crippen molar-refractivity contribution in [2.45, 2.75) is 0 Å². The van der Waals surface area contributed by atoms with Gasteiger partial charge in [0.2, 0.25) is 0 Å². The van der Waals surface area contributed by atoms with Crippen LogP contribution in [-0.2, 0) is 0 Å². The van der Waals surface area contributed by atoms with Gasteiger partial charge in [0.25, 0.3) is 13.4 Å². The Morgan fingerprint density at radius 2 is 0.790 bits per heavy atom. The van der Waals surface area contributed by atoms with E-state index in [0.29, 0.717) is 0 Å². The van der Waals surface area contributed by atoms with E-state index in [0.717, 1.165) is 77.4 Å². The van der Waals surface area contributed by atoms with Crippen molar-refractivity contribution in [3.8, 4) is 11.4 Å². The van der Waals surface area contributed by atoms with Crippen LogP contribution in [-0.4, -0.2) is 27.5 Å². The molecule has 13 aromatic rings. The minimum absolute atomic E-state index is 0.219. The molecule has 0 N–H and O–H groups in total. The average Bonchev–Trinajstić information content (AvgIpc) is 4.09. The van der Waals surface area contributed by atoms with Gasteiger partial charge in [-0.3, -0.25) is 4.98 Å². The second-order valence-corrected chi connectivity index (χ2v) is 16.6. The van der Waals surface area contributed by atoms with Crippen LogP contribution in [0.3, 0.4) is 0 Å². The van der Waals surface area contributed by atoms with Gasteiger partial charge in [0.1, 0.15) is 11.2 Å². The minimum atomic E-state index is -0.236. The zero-order valence-corrected chi connectivity index (χ0v) is 33.4. The molecule has 286 valence electrons. The maximum absolute atomic E-state index is 7.21. The van der Waals surface area contributed by atoms with Crippen LogP contribution in [0.4, 0.5) is 0 Å². The van der Waals surface area contributed by atoms with Gasteiger partial charge in [0, 0.05) is 55.3 Å².